The Kier molecular flexibility index (Phi) is 3.46. The Morgan fingerprint density at radius 1 is 1.40 bits per heavy atom. The van der Waals surface area contributed by atoms with Crippen molar-refractivity contribution in [3.05, 3.63) is 47.2 Å². The molecule has 0 saturated carbocycles. The number of carbonyl (C=O) groups excluding carboxylic acids is 1. The van der Waals surface area contributed by atoms with Crippen LogP contribution in [-0.4, -0.2) is 25.8 Å². The van der Waals surface area contributed by atoms with E-state index in [9.17, 15) is 4.79 Å². The van der Waals surface area contributed by atoms with Gasteiger partial charge in [0.2, 0.25) is 0 Å². The van der Waals surface area contributed by atoms with Gasteiger partial charge < -0.3 is 14.2 Å². The van der Waals surface area contributed by atoms with Crippen molar-refractivity contribution in [3.63, 3.8) is 0 Å². The predicted octanol–water partition coefficient (Wildman–Crippen LogP) is 2.48. The topological polar surface area (TPSA) is 44.8 Å². The average Bonchev–Trinajstić information content (AvgIpc) is 2.92. The van der Waals surface area contributed by atoms with Crippen molar-refractivity contribution in [1.29, 1.82) is 0 Å². The molecule has 0 bridgehead atoms. The normalized spacial score (nSPS) is 21.1. The van der Waals surface area contributed by atoms with Crippen molar-refractivity contribution < 1.29 is 19.0 Å². The molecule has 0 radical (unpaired) electrons. The number of esters is 1. The molecule has 4 heteroatoms. The zero-order chi connectivity index (χ0) is 13.9. The van der Waals surface area contributed by atoms with Gasteiger partial charge in [0.05, 0.1) is 19.8 Å². The average molecular weight is 272 g/mol. The molecule has 1 atom stereocenters. The van der Waals surface area contributed by atoms with E-state index in [1.165, 1.54) is 11.6 Å². The van der Waals surface area contributed by atoms with Crippen LogP contribution in [0.15, 0.2) is 36.1 Å². The van der Waals surface area contributed by atoms with E-state index in [1.807, 2.05) is 24.3 Å². The molecule has 2 aliphatic rings. The van der Waals surface area contributed by atoms with E-state index in [1.54, 1.807) is 7.11 Å². The number of fused-ring (bicyclic) bond motifs is 1. The molecule has 0 saturated heterocycles. The maximum atomic E-state index is 11.4. The molecule has 0 spiro atoms. The van der Waals surface area contributed by atoms with Crippen molar-refractivity contribution >= 4 is 12.0 Å². The summed E-state index contributed by atoms with van der Waals surface area (Å²) in [6.07, 6.45) is 6.50. The predicted molar refractivity (Wildman–Crippen MR) is 74.3 cm³/mol. The van der Waals surface area contributed by atoms with Crippen LogP contribution in [0, 0.1) is 0 Å². The van der Waals surface area contributed by atoms with Gasteiger partial charge in [0, 0.05) is 12.8 Å². The number of carbonyl (C=O) groups is 1. The van der Waals surface area contributed by atoms with Gasteiger partial charge in [-0.25, -0.2) is 4.79 Å². The molecular formula is C16H16O4. The molecule has 0 fully saturated rings. The first-order chi connectivity index (χ1) is 9.74. The first-order valence-electron chi connectivity index (χ1n) is 6.64. The fraction of sp³-hybridized carbons (Fsp3) is 0.312. The van der Waals surface area contributed by atoms with Crippen molar-refractivity contribution in [3.8, 4) is 5.75 Å². The monoisotopic (exact) mass is 272 g/mol. The SMILES string of the molecule is COC1=CC(=O)OC(/C=C/c2ccc3c(c2)CCO3)C1. The number of hydrogen-bond acceptors (Lipinski definition) is 4. The van der Waals surface area contributed by atoms with E-state index >= 15 is 0 Å². The van der Waals surface area contributed by atoms with Gasteiger partial charge in [0.25, 0.3) is 0 Å². The lowest BCUT2D eigenvalue weighted by Crippen LogP contribution is -2.21. The second kappa shape index (κ2) is 5.41. The molecule has 104 valence electrons. The summed E-state index contributed by atoms with van der Waals surface area (Å²) in [6.45, 7) is 0.755. The third-order valence-corrected chi connectivity index (χ3v) is 3.43. The van der Waals surface area contributed by atoms with Crippen LogP contribution in [0.1, 0.15) is 17.5 Å². The van der Waals surface area contributed by atoms with Crippen LogP contribution in [0.4, 0.5) is 0 Å². The van der Waals surface area contributed by atoms with E-state index in [4.69, 9.17) is 14.2 Å². The largest absolute Gasteiger partial charge is 0.501 e. The van der Waals surface area contributed by atoms with Gasteiger partial charge >= 0.3 is 5.97 Å². The number of ether oxygens (including phenoxy) is 3. The summed E-state index contributed by atoms with van der Waals surface area (Å²) in [5.41, 5.74) is 2.31. The number of cyclic esters (lactones) is 1. The zero-order valence-corrected chi connectivity index (χ0v) is 11.3. The highest BCUT2D eigenvalue weighted by Crippen LogP contribution is 2.26. The van der Waals surface area contributed by atoms with E-state index < -0.39 is 0 Å². The minimum atomic E-state index is -0.356. The highest BCUT2D eigenvalue weighted by atomic mass is 16.5. The van der Waals surface area contributed by atoms with Crippen LogP contribution < -0.4 is 4.74 Å². The summed E-state index contributed by atoms with van der Waals surface area (Å²) in [5, 5.41) is 0. The molecule has 3 rings (SSSR count). The highest BCUT2D eigenvalue weighted by Gasteiger charge is 2.19. The van der Waals surface area contributed by atoms with Crippen molar-refractivity contribution in [2.75, 3.05) is 13.7 Å². The lowest BCUT2D eigenvalue weighted by molar-refractivity contribution is -0.142. The summed E-state index contributed by atoms with van der Waals surface area (Å²) in [4.78, 5) is 11.4. The molecular weight excluding hydrogens is 256 g/mol. The Hall–Kier alpha value is -2.23. The Bertz CT molecular complexity index is 586. The van der Waals surface area contributed by atoms with E-state index in [-0.39, 0.29) is 12.1 Å². The van der Waals surface area contributed by atoms with Gasteiger partial charge in [0.1, 0.15) is 17.6 Å². The summed E-state index contributed by atoms with van der Waals surface area (Å²) in [6, 6.07) is 6.09. The molecule has 0 amide bonds. The minimum Gasteiger partial charge on any atom is -0.501 e. The third kappa shape index (κ3) is 2.69. The van der Waals surface area contributed by atoms with Gasteiger partial charge in [-0.1, -0.05) is 12.1 Å². The molecule has 2 aliphatic heterocycles. The molecule has 20 heavy (non-hydrogen) atoms. The molecule has 1 aromatic rings. The molecule has 0 N–H and O–H groups in total. The van der Waals surface area contributed by atoms with E-state index in [0.29, 0.717) is 12.2 Å². The molecule has 1 unspecified atom stereocenters. The molecule has 1 aromatic carbocycles. The summed E-state index contributed by atoms with van der Waals surface area (Å²) in [5.74, 6) is 1.26. The van der Waals surface area contributed by atoms with Crippen molar-refractivity contribution in [2.45, 2.75) is 18.9 Å². The zero-order valence-electron chi connectivity index (χ0n) is 11.3. The van der Waals surface area contributed by atoms with Crippen LogP contribution in [0.2, 0.25) is 0 Å². The van der Waals surface area contributed by atoms with E-state index in [2.05, 4.69) is 6.07 Å². The maximum absolute atomic E-state index is 11.4. The van der Waals surface area contributed by atoms with Crippen molar-refractivity contribution in [1.82, 2.24) is 0 Å². The Labute approximate surface area is 117 Å². The Morgan fingerprint density at radius 2 is 2.30 bits per heavy atom. The van der Waals surface area contributed by atoms with Gasteiger partial charge in [-0.05, 0) is 29.3 Å². The number of rotatable bonds is 3. The lowest BCUT2D eigenvalue weighted by atomic mass is 10.1. The van der Waals surface area contributed by atoms with Crippen molar-refractivity contribution in [2.24, 2.45) is 0 Å². The molecule has 4 nitrogen and oxygen atoms in total. The fourth-order valence-corrected chi connectivity index (χ4v) is 2.39. The van der Waals surface area contributed by atoms with Gasteiger partial charge in [-0.2, -0.15) is 0 Å². The van der Waals surface area contributed by atoms with Gasteiger partial charge in [-0.15, -0.1) is 0 Å². The van der Waals surface area contributed by atoms with Crippen LogP contribution in [-0.2, 0) is 20.7 Å². The first kappa shape index (κ1) is 12.8. The number of hydrogen-bond donors (Lipinski definition) is 0. The van der Waals surface area contributed by atoms with Crippen LogP contribution in [0.3, 0.4) is 0 Å². The summed E-state index contributed by atoms with van der Waals surface area (Å²) < 4.78 is 15.8. The number of methoxy groups -OCH3 is 1. The third-order valence-electron chi connectivity index (χ3n) is 3.43. The maximum Gasteiger partial charge on any atom is 0.334 e. The van der Waals surface area contributed by atoms with Gasteiger partial charge in [0.15, 0.2) is 0 Å². The van der Waals surface area contributed by atoms with E-state index in [0.717, 1.165) is 24.3 Å². The minimum absolute atomic E-state index is 0.271. The van der Waals surface area contributed by atoms with Crippen LogP contribution in [0.25, 0.3) is 6.08 Å². The Morgan fingerprint density at radius 3 is 3.15 bits per heavy atom. The second-order valence-corrected chi connectivity index (χ2v) is 4.82. The second-order valence-electron chi connectivity index (χ2n) is 4.82. The summed E-state index contributed by atoms with van der Waals surface area (Å²) >= 11 is 0. The lowest BCUT2D eigenvalue weighted by Gasteiger charge is -2.19. The Balaban J connectivity index is 1.71. The fourth-order valence-electron chi connectivity index (χ4n) is 2.39. The smallest absolute Gasteiger partial charge is 0.334 e. The number of benzene rings is 1. The molecule has 0 aromatic heterocycles. The standard InChI is InChI=1S/C16H16O4/c1-18-14-9-13(20-16(17)10-14)4-2-11-3-5-15-12(8-11)6-7-19-15/h2-5,8,10,13H,6-7,9H2,1H3/b4-2+. The highest BCUT2D eigenvalue weighted by molar-refractivity contribution is 5.83. The first-order valence-corrected chi connectivity index (χ1v) is 6.64. The summed E-state index contributed by atoms with van der Waals surface area (Å²) in [7, 11) is 1.56. The molecule has 2 heterocycles. The van der Waals surface area contributed by atoms with Crippen LogP contribution in [0.5, 0.6) is 5.75 Å². The van der Waals surface area contributed by atoms with Gasteiger partial charge in [-0.3, -0.25) is 0 Å². The van der Waals surface area contributed by atoms with Crippen LogP contribution >= 0.6 is 0 Å². The molecule has 0 aliphatic carbocycles. The quantitative estimate of drug-likeness (QED) is 0.793.